The zero-order chi connectivity index (χ0) is 14.7. The van der Waals surface area contributed by atoms with Crippen LogP contribution < -0.4 is 5.32 Å². The Kier molecular flexibility index (Phi) is 4.83. The van der Waals surface area contributed by atoms with Crippen molar-refractivity contribution >= 4 is 38.9 Å². The molecule has 0 radical (unpaired) electrons. The first-order valence-electron chi connectivity index (χ1n) is 6.18. The van der Waals surface area contributed by atoms with Crippen LogP contribution in [0.2, 0.25) is 0 Å². The van der Waals surface area contributed by atoms with E-state index in [1.54, 1.807) is 11.3 Å². The Hall–Kier alpha value is -1.33. The van der Waals surface area contributed by atoms with Gasteiger partial charge in [-0.2, -0.15) is 0 Å². The van der Waals surface area contributed by atoms with Gasteiger partial charge in [-0.15, -0.1) is 11.3 Å². The van der Waals surface area contributed by atoms with Crippen LogP contribution in [0, 0.1) is 13.8 Å². The number of esters is 1. The summed E-state index contributed by atoms with van der Waals surface area (Å²) in [6.07, 6.45) is 0. The quantitative estimate of drug-likeness (QED) is 0.825. The van der Waals surface area contributed by atoms with E-state index in [4.69, 9.17) is 4.74 Å². The van der Waals surface area contributed by atoms with Crippen LogP contribution in [0.1, 0.15) is 21.4 Å². The summed E-state index contributed by atoms with van der Waals surface area (Å²) in [5.74, 6) is -0.290. The number of halogens is 1. The molecule has 0 fully saturated rings. The van der Waals surface area contributed by atoms with Crippen molar-refractivity contribution in [1.29, 1.82) is 0 Å². The predicted octanol–water partition coefficient (Wildman–Crippen LogP) is 4.45. The van der Waals surface area contributed by atoms with Gasteiger partial charge in [0.15, 0.2) is 6.04 Å². The van der Waals surface area contributed by atoms with Crippen molar-refractivity contribution < 1.29 is 9.53 Å². The van der Waals surface area contributed by atoms with Gasteiger partial charge in [0.2, 0.25) is 0 Å². The van der Waals surface area contributed by atoms with Crippen LogP contribution in [-0.2, 0) is 9.53 Å². The molecule has 20 heavy (non-hydrogen) atoms. The van der Waals surface area contributed by atoms with Crippen molar-refractivity contribution in [2.75, 3.05) is 12.4 Å². The third-order valence-corrected chi connectivity index (χ3v) is 4.67. The summed E-state index contributed by atoms with van der Waals surface area (Å²) in [4.78, 5) is 14.4. The first-order chi connectivity index (χ1) is 9.52. The minimum absolute atomic E-state index is 0.290. The summed E-state index contributed by atoms with van der Waals surface area (Å²) < 4.78 is 5.85. The van der Waals surface area contributed by atoms with Crippen molar-refractivity contribution in [1.82, 2.24) is 0 Å². The van der Waals surface area contributed by atoms with Gasteiger partial charge in [0, 0.05) is 19.9 Å². The highest BCUT2D eigenvalue weighted by Gasteiger charge is 2.25. The smallest absolute Gasteiger partial charge is 0.333 e. The molecule has 0 aliphatic heterocycles. The highest BCUT2D eigenvalue weighted by molar-refractivity contribution is 9.10. The van der Waals surface area contributed by atoms with Crippen molar-refractivity contribution in [3.8, 4) is 0 Å². The van der Waals surface area contributed by atoms with E-state index < -0.39 is 6.04 Å². The number of hydrogen-bond acceptors (Lipinski definition) is 4. The second kappa shape index (κ2) is 6.41. The van der Waals surface area contributed by atoms with E-state index in [0.29, 0.717) is 0 Å². The number of nitrogens with one attached hydrogen (secondary N) is 1. The molecule has 0 saturated heterocycles. The van der Waals surface area contributed by atoms with Gasteiger partial charge in [0.25, 0.3) is 0 Å². The molecule has 0 spiro atoms. The fourth-order valence-corrected chi connectivity index (χ4v) is 3.42. The summed E-state index contributed by atoms with van der Waals surface area (Å²) in [7, 11) is 1.41. The Bertz CT molecular complexity index is 624. The molecule has 2 aromatic rings. The molecule has 0 bridgehead atoms. The highest BCUT2D eigenvalue weighted by atomic mass is 79.9. The molecular formula is C15H16BrNO2S. The van der Waals surface area contributed by atoms with E-state index in [1.165, 1.54) is 12.0 Å². The first-order valence-corrected chi connectivity index (χ1v) is 7.79. The van der Waals surface area contributed by atoms with Crippen molar-refractivity contribution in [2.45, 2.75) is 19.9 Å². The fourth-order valence-electron chi connectivity index (χ4n) is 2.05. The topological polar surface area (TPSA) is 38.3 Å². The SMILES string of the molecule is COC(=O)C(Nc1ccccc1Br)c1cc(C)sc1C. The largest absolute Gasteiger partial charge is 0.467 e. The third kappa shape index (κ3) is 3.22. The van der Waals surface area contributed by atoms with E-state index in [-0.39, 0.29) is 5.97 Å². The predicted molar refractivity (Wildman–Crippen MR) is 86.3 cm³/mol. The number of ether oxygens (including phenoxy) is 1. The van der Waals surface area contributed by atoms with Gasteiger partial charge in [0.05, 0.1) is 7.11 Å². The average molecular weight is 354 g/mol. The van der Waals surface area contributed by atoms with Gasteiger partial charge in [0.1, 0.15) is 0 Å². The Balaban J connectivity index is 2.37. The lowest BCUT2D eigenvalue weighted by atomic mass is 10.1. The van der Waals surface area contributed by atoms with Crippen molar-refractivity contribution in [3.05, 3.63) is 50.1 Å². The van der Waals surface area contributed by atoms with Gasteiger partial charge in [-0.1, -0.05) is 12.1 Å². The lowest BCUT2D eigenvalue weighted by Gasteiger charge is -2.18. The number of benzene rings is 1. The molecule has 5 heteroatoms. The Morgan fingerprint density at radius 1 is 1.35 bits per heavy atom. The van der Waals surface area contributed by atoms with E-state index >= 15 is 0 Å². The number of carbonyl (C=O) groups excluding carboxylic acids is 1. The number of anilines is 1. The van der Waals surface area contributed by atoms with Gasteiger partial charge < -0.3 is 10.1 Å². The lowest BCUT2D eigenvalue weighted by Crippen LogP contribution is -2.22. The molecule has 106 valence electrons. The summed E-state index contributed by atoms with van der Waals surface area (Å²) in [6.45, 7) is 4.05. The van der Waals surface area contributed by atoms with E-state index in [9.17, 15) is 4.79 Å². The minimum Gasteiger partial charge on any atom is -0.467 e. The number of para-hydroxylation sites is 1. The second-order valence-electron chi connectivity index (χ2n) is 4.45. The fraction of sp³-hybridized carbons (Fsp3) is 0.267. The van der Waals surface area contributed by atoms with E-state index in [2.05, 4.69) is 21.2 Å². The van der Waals surface area contributed by atoms with Gasteiger partial charge in [-0.25, -0.2) is 4.79 Å². The van der Waals surface area contributed by atoms with Gasteiger partial charge in [-0.05, 0) is 53.5 Å². The Morgan fingerprint density at radius 2 is 2.05 bits per heavy atom. The van der Waals surface area contributed by atoms with Crippen molar-refractivity contribution in [2.24, 2.45) is 0 Å². The molecule has 0 aliphatic rings. The van der Waals surface area contributed by atoms with Crippen LogP contribution in [0.5, 0.6) is 0 Å². The van der Waals surface area contributed by atoms with Crippen LogP contribution in [0.4, 0.5) is 5.69 Å². The normalized spacial score (nSPS) is 12.0. The standard InChI is InChI=1S/C15H16BrNO2S/c1-9-8-11(10(2)20-9)14(15(18)19-3)17-13-7-5-4-6-12(13)16/h4-8,14,17H,1-3H3. The molecule has 1 aromatic heterocycles. The first kappa shape index (κ1) is 15.1. The molecule has 3 nitrogen and oxygen atoms in total. The molecule has 1 heterocycles. The third-order valence-electron chi connectivity index (χ3n) is 3.00. The van der Waals surface area contributed by atoms with E-state index in [1.807, 2.05) is 44.2 Å². The van der Waals surface area contributed by atoms with Crippen LogP contribution in [0.3, 0.4) is 0 Å². The van der Waals surface area contributed by atoms with Crippen LogP contribution in [0.25, 0.3) is 0 Å². The van der Waals surface area contributed by atoms with Gasteiger partial charge in [-0.3, -0.25) is 0 Å². The molecule has 1 atom stereocenters. The van der Waals surface area contributed by atoms with Crippen LogP contribution in [-0.4, -0.2) is 13.1 Å². The molecule has 0 aliphatic carbocycles. The average Bonchev–Trinajstić information content (AvgIpc) is 2.76. The van der Waals surface area contributed by atoms with Crippen LogP contribution in [0.15, 0.2) is 34.8 Å². The summed E-state index contributed by atoms with van der Waals surface area (Å²) >= 11 is 5.16. The summed E-state index contributed by atoms with van der Waals surface area (Å²) in [5.41, 5.74) is 1.83. The maximum absolute atomic E-state index is 12.1. The minimum atomic E-state index is -0.497. The van der Waals surface area contributed by atoms with Crippen molar-refractivity contribution in [3.63, 3.8) is 0 Å². The van der Waals surface area contributed by atoms with E-state index in [0.717, 1.165) is 20.6 Å². The molecule has 0 amide bonds. The number of hydrogen-bond donors (Lipinski definition) is 1. The van der Waals surface area contributed by atoms with Gasteiger partial charge >= 0.3 is 5.97 Å². The molecule has 2 rings (SSSR count). The lowest BCUT2D eigenvalue weighted by molar-refractivity contribution is -0.141. The monoisotopic (exact) mass is 353 g/mol. The molecule has 0 saturated carbocycles. The molecule has 1 unspecified atom stereocenters. The Morgan fingerprint density at radius 3 is 2.60 bits per heavy atom. The Labute approximate surface area is 131 Å². The second-order valence-corrected chi connectivity index (χ2v) is 6.76. The zero-order valence-electron chi connectivity index (χ0n) is 11.6. The number of rotatable bonds is 4. The number of thiophene rings is 1. The maximum Gasteiger partial charge on any atom is 0.333 e. The number of carbonyl (C=O) groups is 1. The number of methoxy groups -OCH3 is 1. The molecule has 1 aromatic carbocycles. The zero-order valence-corrected chi connectivity index (χ0v) is 14.0. The maximum atomic E-state index is 12.1. The molecular weight excluding hydrogens is 338 g/mol. The molecule has 1 N–H and O–H groups in total. The highest BCUT2D eigenvalue weighted by Crippen LogP contribution is 2.32. The van der Waals surface area contributed by atoms with Crippen LogP contribution >= 0.6 is 27.3 Å². The summed E-state index contributed by atoms with van der Waals surface area (Å²) in [5, 5.41) is 3.25. The number of aryl methyl sites for hydroxylation is 2. The summed E-state index contributed by atoms with van der Waals surface area (Å²) in [6, 6.07) is 9.25.